The van der Waals surface area contributed by atoms with Gasteiger partial charge in [0.05, 0.1) is 18.6 Å². The summed E-state index contributed by atoms with van der Waals surface area (Å²) in [5.74, 6) is 2.38. The summed E-state index contributed by atoms with van der Waals surface area (Å²) < 4.78 is 17.4. The van der Waals surface area contributed by atoms with Gasteiger partial charge >= 0.3 is 0 Å². The van der Waals surface area contributed by atoms with Gasteiger partial charge in [0.25, 0.3) is 0 Å². The van der Waals surface area contributed by atoms with Crippen LogP contribution in [-0.2, 0) is 4.79 Å². The molecule has 1 N–H and O–H groups in total. The van der Waals surface area contributed by atoms with Crippen LogP contribution < -0.4 is 29.3 Å². The number of thioether (sulfide) groups is 1. The van der Waals surface area contributed by atoms with Crippen molar-refractivity contribution in [2.75, 3.05) is 67.4 Å². The maximum atomic E-state index is 12.4. The van der Waals surface area contributed by atoms with E-state index in [9.17, 15) is 4.79 Å². The highest BCUT2D eigenvalue weighted by Crippen LogP contribution is 2.34. The Morgan fingerprint density at radius 2 is 1.82 bits per heavy atom. The maximum Gasteiger partial charge on any atom is 0.234 e. The molecule has 2 aromatic carbocycles. The number of hydrogen-bond donors (Lipinski definition) is 1. The third kappa shape index (κ3) is 5.15. The Balaban J connectivity index is 1.11. The monoisotopic (exact) mass is 499 g/mol. The standard InChI is InChI=1S/C23H25N5O4S2/c1-30-18-5-3-2-4-17(18)27-8-10-28(11-9-27)22-25-26-23(34-22)33-15-21(29)24-16-6-7-19-20(14-16)32-13-12-31-19/h2-7,14H,8-13,15H2,1H3,(H,24,29). The van der Waals surface area contributed by atoms with E-state index >= 15 is 0 Å². The fourth-order valence-electron chi connectivity index (χ4n) is 3.86. The zero-order valence-corrected chi connectivity index (χ0v) is 20.4. The SMILES string of the molecule is COc1ccccc1N1CCN(c2nnc(SCC(=O)Nc3ccc4c(c3)OCCO4)s2)CC1. The van der Waals surface area contributed by atoms with Gasteiger partial charge in [-0.2, -0.15) is 0 Å². The highest BCUT2D eigenvalue weighted by atomic mass is 32.2. The Kier molecular flexibility index (Phi) is 6.91. The maximum absolute atomic E-state index is 12.4. The molecule has 0 radical (unpaired) electrons. The summed E-state index contributed by atoms with van der Waals surface area (Å²) in [6.45, 7) is 4.50. The molecule has 11 heteroatoms. The lowest BCUT2D eigenvalue weighted by Gasteiger charge is -2.36. The van der Waals surface area contributed by atoms with Gasteiger partial charge in [0, 0.05) is 37.9 Å². The summed E-state index contributed by atoms with van der Waals surface area (Å²) in [5, 5.41) is 12.4. The number of fused-ring (bicyclic) bond motifs is 1. The first-order valence-electron chi connectivity index (χ1n) is 11.0. The molecule has 0 atom stereocenters. The van der Waals surface area contributed by atoms with E-state index in [2.05, 4.69) is 31.4 Å². The van der Waals surface area contributed by atoms with Crippen LogP contribution in [0.5, 0.6) is 17.2 Å². The summed E-state index contributed by atoms with van der Waals surface area (Å²) in [4.78, 5) is 17.0. The number of amides is 1. The average molecular weight is 500 g/mol. The van der Waals surface area contributed by atoms with Gasteiger partial charge in [-0.3, -0.25) is 4.79 Å². The molecule has 2 aliphatic heterocycles. The summed E-state index contributed by atoms with van der Waals surface area (Å²) in [5.41, 5.74) is 1.79. The van der Waals surface area contributed by atoms with Crippen molar-refractivity contribution in [3.8, 4) is 17.2 Å². The quantitative estimate of drug-likeness (QED) is 0.492. The second kappa shape index (κ2) is 10.4. The summed E-state index contributed by atoms with van der Waals surface area (Å²) in [7, 11) is 1.70. The van der Waals surface area contributed by atoms with Gasteiger partial charge in [0.2, 0.25) is 11.0 Å². The van der Waals surface area contributed by atoms with E-state index in [0.717, 1.165) is 47.1 Å². The minimum atomic E-state index is -0.108. The molecule has 0 bridgehead atoms. The van der Waals surface area contributed by atoms with Crippen LogP contribution in [0.1, 0.15) is 0 Å². The van der Waals surface area contributed by atoms with Crippen molar-refractivity contribution in [1.82, 2.24) is 10.2 Å². The number of anilines is 3. The van der Waals surface area contributed by atoms with E-state index in [1.165, 1.54) is 23.1 Å². The fourth-order valence-corrected chi connectivity index (χ4v) is 5.56. The van der Waals surface area contributed by atoms with Crippen LogP contribution in [0.25, 0.3) is 0 Å². The van der Waals surface area contributed by atoms with E-state index in [-0.39, 0.29) is 11.7 Å². The first-order chi connectivity index (χ1) is 16.7. The largest absolute Gasteiger partial charge is 0.495 e. The van der Waals surface area contributed by atoms with E-state index in [0.29, 0.717) is 30.4 Å². The molecule has 0 unspecified atom stereocenters. The van der Waals surface area contributed by atoms with E-state index in [1.54, 1.807) is 13.2 Å². The van der Waals surface area contributed by atoms with E-state index in [1.807, 2.05) is 30.3 Å². The van der Waals surface area contributed by atoms with Crippen molar-refractivity contribution in [3.63, 3.8) is 0 Å². The molecule has 178 valence electrons. The minimum Gasteiger partial charge on any atom is -0.495 e. The molecule has 1 saturated heterocycles. The van der Waals surface area contributed by atoms with Crippen LogP contribution in [0.3, 0.4) is 0 Å². The van der Waals surface area contributed by atoms with Gasteiger partial charge in [0.1, 0.15) is 19.0 Å². The summed E-state index contributed by atoms with van der Waals surface area (Å²) in [6.07, 6.45) is 0. The van der Waals surface area contributed by atoms with E-state index in [4.69, 9.17) is 14.2 Å². The van der Waals surface area contributed by atoms with Crippen LogP contribution in [0.2, 0.25) is 0 Å². The molecule has 0 aliphatic carbocycles. The zero-order valence-electron chi connectivity index (χ0n) is 18.7. The molecular weight excluding hydrogens is 474 g/mol. The second-order valence-corrected chi connectivity index (χ2v) is 9.87. The van der Waals surface area contributed by atoms with Gasteiger partial charge < -0.3 is 29.3 Å². The molecular formula is C23H25N5O4S2. The number of para-hydroxylation sites is 2. The van der Waals surface area contributed by atoms with Crippen LogP contribution in [0.15, 0.2) is 46.8 Å². The number of carbonyl (C=O) groups is 1. The average Bonchev–Trinajstić information content (AvgIpc) is 3.37. The summed E-state index contributed by atoms with van der Waals surface area (Å²) in [6, 6.07) is 13.5. The Labute approximate surface area is 206 Å². The number of methoxy groups -OCH3 is 1. The van der Waals surface area contributed by atoms with Gasteiger partial charge in [-0.15, -0.1) is 10.2 Å². The number of hydrogen-bond acceptors (Lipinski definition) is 10. The van der Waals surface area contributed by atoms with Crippen LogP contribution in [0, 0.1) is 0 Å². The third-order valence-electron chi connectivity index (χ3n) is 5.52. The number of piperazine rings is 1. The molecule has 0 saturated carbocycles. The Morgan fingerprint density at radius 3 is 2.65 bits per heavy atom. The van der Waals surface area contributed by atoms with E-state index < -0.39 is 0 Å². The molecule has 9 nitrogen and oxygen atoms in total. The minimum absolute atomic E-state index is 0.108. The Hall–Kier alpha value is -3.18. The molecule has 1 aromatic heterocycles. The molecule has 2 aliphatic rings. The van der Waals surface area contributed by atoms with Crippen molar-refractivity contribution in [1.29, 1.82) is 0 Å². The van der Waals surface area contributed by atoms with Crippen molar-refractivity contribution in [2.45, 2.75) is 4.34 Å². The third-order valence-corrected chi connectivity index (χ3v) is 7.64. The number of rotatable bonds is 7. The predicted molar refractivity (Wildman–Crippen MR) is 134 cm³/mol. The highest BCUT2D eigenvalue weighted by molar-refractivity contribution is 8.01. The van der Waals surface area contributed by atoms with Crippen molar-refractivity contribution < 1.29 is 19.0 Å². The number of benzene rings is 2. The highest BCUT2D eigenvalue weighted by Gasteiger charge is 2.22. The van der Waals surface area contributed by atoms with Gasteiger partial charge in [-0.25, -0.2) is 0 Å². The number of carbonyl (C=O) groups excluding carboxylic acids is 1. The first-order valence-corrected chi connectivity index (χ1v) is 12.8. The van der Waals surface area contributed by atoms with Crippen molar-refractivity contribution >= 4 is 45.5 Å². The lowest BCUT2D eigenvalue weighted by molar-refractivity contribution is -0.113. The van der Waals surface area contributed by atoms with Gasteiger partial charge in [0.15, 0.2) is 15.8 Å². The Bertz CT molecular complexity index is 1150. The number of aromatic nitrogens is 2. The molecule has 3 heterocycles. The van der Waals surface area contributed by atoms with Gasteiger partial charge in [-0.1, -0.05) is 35.2 Å². The van der Waals surface area contributed by atoms with Gasteiger partial charge in [-0.05, 0) is 24.3 Å². The zero-order chi connectivity index (χ0) is 23.3. The molecule has 0 spiro atoms. The number of ether oxygens (including phenoxy) is 3. The topological polar surface area (TPSA) is 89.1 Å². The molecule has 3 aromatic rings. The van der Waals surface area contributed by atoms with Crippen LogP contribution in [-0.4, -0.2) is 68.4 Å². The smallest absolute Gasteiger partial charge is 0.234 e. The van der Waals surface area contributed by atoms with Crippen LogP contribution >= 0.6 is 23.1 Å². The molecule has 5 rings (SSSR count). The normalized spacial score (nSPS) is 15.2. The second-order valence-electron chi connectivity index (χ2n) is 7.69. The number of nitrogens with one attached hydrogen (secondary N) is 1. The predicted octanol–water partition coefficient (Wildman–Crippen LogP) is 3.38. The fraction of sp³-hybridized carbons (Fsp3) is 0.348. The van der Waals surface area contributed by atoms with Crippen molar-refractivity contribution in [2.24, 2.45) is 0 Å². The lowest BCUT2D eigenvalue weighted by atomic mass is 10.2. The lowest BCUT2D eigenvalue weighted by Crippen LogP contribution is -2.46. The van der Waals surface area contributed by atoms with Crippen molar-refractivity contribution in [3.05, 3.63) is 42.5 Å². The molecule has 1 fully saturated rings. The first kappa shape index (κ1) is 22.6. The van der Waals surface area contributed by atoms with Crippen LogP contribution in [0.4, 0.5) is 16.5 Å². The number of nitrogens with zero attached hydrogens (tertiary/aromatic N) is 4. The molecule has 34 heavy (non-hydrogen) atoms. The summed E-state index contributed by atoms with van der Waals surface area (Å²) >= 11 is 2.90. The molecule has 1 amide bonds. The Morgan fingerprint density at radius 1 is 1.06 bits per heavy atom.